The topological polar surface area (TPSA) is 87.9 Å². The number of H-pyrrole nitrogens is 1. The van der Waals surface area contributed by atoms with Crippen LogP contribution >= 0.6 is 11.6 Å². The molecule has 6 nitrogen and oxygen atoms in total. The Morgan fingerprint density at radius 2 is 2.00 bits per heavy atom. The molecule has 0 fully saturated rings. The van der Waals surface area contributed by atoms with Crippen LogP contribution in [0.3, 0.4) is 0 Å². The number of nitrogens with one attached hydrogen (secondary N) is 1. The summed E-state index contributed by atoms with van der Waals surface area (Å²) >= 11 is 5.76. The van der Waals surface area contributed by atoms with Crippen molar-refractivity contribution < 1.29 is 13.2 Å². The van der Waals surface area contributed by atoms with E-state index in [-0.39, 0.29) is 5.82 Å². The minimum atomic E-state index is -4.90. The van der Waals surface area contributed by atoms with Crippen LogP contribution in [0.1, 0.15) is 0 Å². The van der Waals surface area contributed by atoms with Gasteiger partial charge in [-0.05, 0) is 12.1 Å². The van der Waals surface area contributed by atoms with Gasteiger partial charge in [-0.3, -0.25) is 4.98 Å². The second-order valence-corrected chi connectivity index (χ2v) is 4.09. The highest BCUT2D eigenvalue weighted by molar-refractivity contribution is 6.30. The van der Waals surface area contributed by atoms with Crippen molar-refractivity contribution in [2.24, 2.45) is 5.84 Å². The molecule has 106 valence electrons. The lowest BCUT2D eigenvalue weighted by molar-refractivity contribution is -0.130. The molecule has 0 spiro atoms. The van der Waals surface area contributed by atoms with Crippen molar-refractivity contribution in [1.82, 2.24) is 15.0 Å². The Morgan fingerprint density at radius 3 is 2.60 bits per heavy atom. The Labute approximate surface area is 115 Å². The van der Waals surface area contributed by atoms with E-state index in [0.29, 0.717) is 10.6 Å². The predicted octanol–water partition coefficient (Wildman–Crippen LogP) is 1.69. The first-order valence-electron chi connectivity index (χ1n) is 5.13. The zero-order valence-electron chi connectivity index (χ0n) is 9.65. The van der Waals surface area contributed by atoms with Crippen molar-refractivity contribution >= 4 is 17.5 Å². The van der Waals surface area contributed by atoms with E-state index < -0.39 is 22.9 Å². The average molecular weight is 306 g/mol. The first-order valence-corrected chi connectivity index (χ1v) is 5.51. The third-order valence-corrected chi connectivity index (χ3v) is 2.46. The maximum atomic E-state index is 12.5. The summed E-state index contributed by atoms with van der Waals surface area (Å²) in [6.07, 6.45) is -4.90. The molecule has 20 heavy (non-hydrogen) atoms. The van der Waals surface area contributed by atoms with Crippen LogP contribution in [0.4, 0.5) is 19.1 Å². The van der Waals surface area contributed by atoms with Crippen LogP contribution in [0.15, 0.2) is 29.1 Å². The number of nitrogens with zero attached hydrogens (tertiary/aromatic N) is 3. The van der Waals surface area contributed by atoms with Crippen LogP contribution in [0.5, 0.6) is 0 Å². The molecular formula is C10H7ClF3N5O. The molecular weight excluding hydrogens is 299 g/mol. The molecule has 0 amide bonds. The van der Waals surface area contributed by atoms with Crippen LogP contribution in [-0.2, 0) is 0 Å². The Balaban J connectivity index is 2.52. The number of aromatic amines is 1. The molecule has 10 heteroatoms. The predicted molar refractivity (Wildman–Crippen MR) is 65.8 cm³/mol. The molecule has 1 aromatic carbocycles. The normalized spacial score (nSPS) is 11.4. The van der Waals surface area contributed by atoms with E-state index >= 15 is 0 Å². The fourth-order valence-electron chi connectivity index (χ4n) is 1.37. The van der Waals surface area contributed by atoms with Gasteiger partial charge in [0.05, 0.1) is 0 Å². The number of halogens is 4. The lowest BCUT2D eigenvalue weighted by atomic mass is 10.2. The van der Waals surface area contributed by atoms with Gasteiger partial charge in [-0.1, -0.05) is 23.7 Å². The van der Waals surface area contributed by atoms with Gasteiger partial charge in [0.2, 0.25) is 0 Å². The lowest BCUT2D eigenvalue weighted by Gasteiger charge is -2.18. The van der Waals surface area contributed by atoms with E-state index in [0.717, 1.165) is 0 Å². The number of nitrogens with two attached hydrogens (primary N) is 1. The van der Waals surface area contributed by atoms with Crippen LogP contribution in [-0.4, -0.2) is 21.3 Å². The van der Waals surface area contributed by atoms with E-state index in [1.54, 1.807) is 12.1 Å². The standard InChI is InChI=1S/C10H7ClF3N5O/c11-6-3-1-2-5(4-6)7-16-8(18-9(20)17-7)19(15)10(12,13)14/h1-4H,15H2,(H,16,17,18,20). The van der Waals surface area contributed by atoms with Gasteiger partial charge >= 0.3 is 12.0 Å². The second kappa shape index (κ2) is 5.10. The van der Waals surface area contributed by atoms with Crippen molar-refractivity contribution in [3.8, 4) is 11.4 Å². The number of hydrogen-bond acceptors (Lipinski definition) is 5. The van der Waals surface area contributed by atoms with Gasteiger partial charge in [-0.15, -0.1) is 13.2 Å². The molecule has 1 heterocycles. The number of anilines is 1. The number of aromatic nitrogens is 3. The molecule has 0 aliphatic heterocycles. The van der Waals surface area contributed by atoms with Crippen molar-refractivity contribution in [3.63, 3.8) is 0 Å². The minimum absolute atomic E-state index is 0.123. The number of hydrazine groups is 1. The fraction of sp³-hybridized carbons (Fsp3) is 0.100. The molecule has 0 atom stereocenters. The van der Waals surface area contributed by atoms with Gasteiger partial charge in [-0.25, -0.2) is 10.6 Å². The van der Waals surface area contributed by atoms with E-state index in [2.05, 4.69) is 15.0 Å². The molecule has 2 rings (SSSR count). The Hall–Kier alpha value is -2.13. The molecule has 0 aliphatic carbocycles. The summed E-state index contributed by atoms with van der Waals surface area (Å²) in [4.78, 5) is 20.2. The molecule has 0 aliphatic rings. The van der Waals surface area contributed by atoms with E-state index in [9.17, 15) is 18.0 Å². The SMILES string of the molecule is NN(c1nc(-c2cccc(Cl)c2)[nH]c(=O)n1)C(F)(F)F. The number of hydrogen-bond donors (Lipinski definition) is 2. The summed E-state index contributed by atoms with van der Waals surface area (Å²) < 4.78 is 37.4. The van der Waals surface area contributed by atoms with Crippen LogP contribution < -0.4 is 16.5 Å². The third kappa shape index (κ3) is 3.06. The summed E-state index contributed by atoms with van der Waals surface area (Å²) in [5, 5.41) is -0.306. The first-order chi connectivity index (χ1) is 9.27. The maximum absolute atomic E-state index is 12.5. The largest absolute Gasteiger partial charge is 0.501 e. The third-order valence-electron chi connectivity index (χ3n) is 2.23. The van der Waals surface area contributed by atoms with E-state index in [1.807, 2.05) is 0 Å². The van der Waals surface area contributed by atoms with Crippen LogP contribution in [0.2, 0.25) is 5.02 Å². The molecule has 0 unspecified atom stereocenters. The summed E-state index contributed by atoms with van der Waals surface area (Å²) in [5.74, 6) is 3.74. The van der Waals surface area contributed by atoms with E-state index in [1.165, 1.54) is 12.1 Å². The maximum Gasteiger partial charge on any atom is 0.501 e. The highest BCUT2D eigenvalue weighted by atomic mass is 35.5. The Bertz CT molecular complexity index is 687. The van der Waals surface area contributed by atoms with Gasteiger partial charge in [0.25, 0.3) is 5.95 Å². The van der Waals surface area contributed by atoms with Gasteiger partial charge in [0.15, 0.2) is 0 Å². The highest BCUT2D eigenvalue weighted by Gasteiger charge is 2.37. The zero-order chi connectivity index (χ0) is 14.9. The first kappa shape index (κ1) is 14.3. The summed E-state index contributed by atoms with van der Waals surface area (Å²) in [6, 6.07) is 6.07. The summed E-state index contributed by atoms with van der Waals surface area (Å²) in [6.45, 7) is 0. The van der Waals surface area contributed by atoms with Gasteiger partial charge in [0.1, 0.15) is 5.82 Å². The molecule has 0 saturated carbocycles. The zero-order valence-corrected chi connectivity index (χ0v) is 10.4. The molecule has 0 bridgehead atoms. The van der Waals surface area contributed by atoms with Gasteiger partial charge in [-0.2, -0.15) is 15.0 Å². The lowest BCUT2D eigenvalue weighted by Crippen LogP contribution is -2.46. The average Bonchev–Trinajstić information content (AvgIpc) is 2.36. The fourth-order valence-corrected chi connectivity index (χ4v) is 1.56. The smallest absolute Gasteiger partial charge is 0.290 e. The van der Waals surface area contributed by atoms with E-state index in [4.69, 9.17) is 17.4 Å². The van der Waals surface area contributed by atoms with Crippen molar-refractivity contribution in [1.29, 1.82) is 0 Å². The van der Waals surface area contributed by atoms with Crippen molar-refractivity contribution in [2.45, 2.75) is 6.30 Å². The summed E-state index contributed by atoms with van der Waals surface area (Å²) in [5.41, 5.74) is -0.682. The monoisotopic (exact) mass is 305 g/mol. The molecule has 0 saturated heterocycles. The highest BCUT2D eigenvalue weighted by Crippen LogP contribution is 2.23. The molecule has 1 aromatic heterocycles. The second-order valence-electron chi connectivity index (χ2n) is 3.65. The Kier molecular flexibility index (Phi) is 3.64. The minimum Gasteiger partial charge on any atom is -0.290 e. The molecule has 0 radical (unpaired) electrons. The Morgan fingerprint density at radius 1 is 1.30 bits per heavy atom. The number of rotatable bonds is 2. The van der Waals surface area contributed by atoms with Gasteiger partial charge in [0, 0.05) is 10.6 Å². The number of alkyl halides is 3. The molecule has 2 aromatic rings. The number of benzene rings is 1. The van der Waals surface area contributed by atoms with Crippen molar-refractivity contribution in [2.75, 3.05) is 5.01 Å². The van der Waals surface area contributed by atoms with Crippen molar-refractivity contribution in [3.05, 3.63) is 39.8 Å². The van der Waals surface area contributed by atoms with Crippen LogP contribution in [0.25, 0.3) is 11.4 Å². The summed E-state index contributed by atoms with van der Waals surface area (Å²) in [7, 11) is 0. The quantitative estimate of drug-likeness (QED) is 0.501. The van der Waals surface area contributed by atoms with Crippen LogP contribution in [0, 0.1) is 0 Å². The molecule has 3 N–H and O–H groups in total. The van der Waals surface area contributed by atoms with Gasteiger partial charge < -0.3 is 0 Å².